The van der Waals surface area contributed by atoms with E-state index in [1.165, 1.54) is 0 Å². The Hall–Kier alpha value is -2.54. The fourth-order valence-corrected chi connectivity index (χ4v) is 3.75. The van der Waals surface area contributed by atoms with E-state index in [0.29, 0.717) is 32.5 Å². The van der Waals surface area contributed by atoms with E-state index in [1.54, 1.807) is 12.0 Å². The van der Waals surface area contributed by atoms with Crippen LogP contribution in [0.5, 0.6) is 5.75 Å². The number of carbonyl (C=O) groups excluding carboxylic acids is 2. The maximum atomic E-state index is 12.8. The number of urea groups is 1. The molecule has 0 aromatic heterocycles. The zero-order valence-electron chi connectivity index (χ0n) is 16.7. The lowest BCUT2D eigenvalue weighted by Gasteiger charge is -2.38. The summed E-state index contributed by atoms with van der Waals surface area (Å²) in [6, 6.07) is 15.0. The van der Waals surface area contributed by atoms with Crippen molar-refractivity contribution in [3.63, 3.8) is 0 Å². The lowest BCUT2D eigenvalue weighted by molar-refractivity contribution is -0.132. The number of likely N-dealkylation sites (tertiary alicyclic amines) is 1. The van der Waals surface area contributed by atoms with Gasteiger partial charge in [-0.15, -0.1) is 0 Å². The van der Waals surface area contributed by atoms with Gasteiger partial charge in [-0.2, -0.15) is 0 Å². The Bertz CT molecular complexity index is 879. The number of amides is 3. The van der Waals surface area contributed by atoms with Crippen molar-refractivity contribution in [3.05, 3.63) is 58.6 Å². The largest absolute Gasteiger partial charge is 0.497 e. The molecule has 3 rings (SSSR count). The van der Waals surface area contributed by atoms with Gasteiger partial charge in [-0.1, -0.05) is 31.2 Å². The van der Waals surface area contributed by atoms with Gasteiger partial charge in [0.15, 0.2) is 0 Å². The number of para-hydroxylation sites is 1. The van der Waals surface area contributed by atoms with Gasteiger partial charge in [0, 0.05) is 29.5 Å². The molecule has 2 aromatic rings. The average molecular weight is 460 g/mol. The molecule has 3 amide bonds. The molecular weight excluding hydrogens is 434 g/mol. The summed E-state index contributed by atoms with van der Waals surface area (Å²) >= 11 is 3.44. The number of piperidine rings is 1. The monoisotopic (exact) mass is 459 g/mol. The summed E-state index contributed by atoms with van der Waals surface area (Å²) in [6.45, 7) is 3.51. The Morgan fingerprint density at radius 1 is 1.14 bits per heavy atom. The summed E-state index contributed by atoms with van der Waals surface area (Å²) in [6.07, 6.45) is 1.25. The van der Waals surface area contributed by atoms with Crippen LogP contribution in [0, 0.1) is 5.41 Å². The number of nitrogens with zero attached hydrogens (tertiary/aromatic N) is 1. The fraction of sp³-hybridized carbons (Fsp3) is 0.364. The normalized spacial score (nSPS) is 15.5. The topological polar surface area (TPSA) is 70.7 Å². The summed E-state index contributed by atoms with van der Waals surface area (Å²) in [7, 11) is 1.62. The standard InChI is InChI=1S/C22H26BrN3O3/c1-22(20(27)24-15-16-6-5-7-17(14-16)29-2)10-12-26(13-11-22)21(28)25-19-9-4-3-8-18(19)23/h3-9,14H,10-13,15H2,1-2H3,(H,24,27)(H,25,28). The van der Waals surface area contributed by atoms with Crippen LogP contribution >= 0.6 is 15.9 Å². The number of halogens is 1. The molecule has 6 nitrogen and oxygen atoms in total. The second-order valence-electron chi connectivity index (χ2n) is 7.49. The zero-order valence-corrected chi connectivity index (χ0v) is 18.3. The highest BCUT2D eigenvalue weighted by atomic mass is 79.9. The average Bonchev–Trinajstić information content (AvgIpc) is 2.74. The summed E-state index contributed by atoms with van der Waals surface area (Å²) < 4.78 is 6.06. The zero-order chi connectivity index (χ0) is 20.9. The van der Waals surface area contributed by atoms with Crippen molar-refractivity contribution in [1.82, 2.24) is 10.2 Å². The van der Waals surface area contributed by atoms with E-state index in [1.807, 2.05) is 55.5 Å². The highest BCUT2D eigenvalue weighted by Crippen LogP contribution is 2.32. The van der Waals surface area contributed by atoms with Crippen molar-refractivity contribution >= 4 is 33.6 Å². The minimum absolute atomic E-state index is 0.0196. The minimum Gasteiger partial charge on any atom is -0.497 e. The molecule has 0 aliphatic carbocycles. The van der Waals surface area contributed by atoms with Crippen molar-refractivity contribution in [2.45, 2.75) is 26.3 Å². The second-order valence-corrected chi connectivity index (χ2v) is 8.35. The van der Waals surface area contributed by atoms with Crippen molar-refractivity contribution in [2.75, 3.05) is 25.5 Å². The highest BCUT2D eigenvalue weighted by molar-refractivity contribution is 9.10. The summed E-state index contributed by atoms with van der Waals surface area (Å²) in [5.41, 5.74) is 1.25. The molecule has 7 heteroatoms. The molecule has 0 atom stereocenters. The van der Waals surface area contributed by atoms with Crippen molar-refractivity contribution in [3.8, 4) is 5.75 Å². The van der Waals surface area contributed by atoms with Crippen LogP contribution in [0.4, 0.5) is 10.5 Å². The first-order valence-corrected chi connectivity index (χ1v) is 10.4. The molecular formula is C22H26BrN3O3. The van der Waals surface area contributed by atoms with Gasteiger partial charge in [-0.3, -0.25) is 4.79 Å². The Morgan fingerprint density at radius 3 is 2.55 bits per heavy atom. The van der Waals surface area contributed by atoms with Gasteiger partial charge >= 0.3 is 6.03 Å². The van der Waals surface area contributed by atoms with E-state index in [-0.39, 0.29) is 11.9 Å². The number of anilines is 1. The Balaban J connectivity index is 1.52. The first-order chi connectivity index (χ1) is 13.9. The smallest absolute Gasteiger partial charge is 0.321 e. The molecule has 2 N–H and O–H groups in total. The molecule has 0 unspecified atom stereocenters. The molecule has 29 heavy (non-hydrogen) atoms. The summed E-state index contributed by atoms with van der Waals surface area (Å²) in [5, 5.41) is 5.95. The maximum absolute atomic E-state index is 12.8. The lowest BCUT2D eigenvalue weighted by Crippen LogP contribution is -2.49. The SMILES string of the molecule is COc1cccc(CNC(=O)C2(C)CCN(C(=O)Nc3ccccc3Br)CC2)c1. The van der Waals surface area contributed by atoms with E-state index in [4.69, 9.17) is 4.74 Å². The van der Waals surface area contributed by atoms with Crippen LogP contribution in [-0.2, 0) is 11.3 Å². The van der Waals surface area contributed by atoms with Gasteiger partial charge in [-0.25, -0.2) is 4.79 Å². The number of hydrogen-bond donors (Lipinski definition) is 2. The molecule has 0 bridgehead atoms. The molecule has 1 aliphatic heterocycles. The third-order valence-electron chi connectivity index (χ3n) is 5.41. The summed E-state index contributed by atoms with van der Waals surface area (Å²) in [4.78, 5) is 27.1. The number of rotatable bonds is 5. The van der Waals surface area contributed by atoms with Gasteiger partial charge in [0.2, 0.25) is 5.91 Å². The number of ether oxygens (including phenoxy) is 1. The Kier molecular flexibility index (Phi) is 6.79. The first kappa shape index (κ1) is 21.2. The number of benzene rings is 2. The number of nitrogens with one attached hydrogen (secondary N) is 2. The molecule has 154 valence electrons. The molecule has 0 radical (unpaired) electrons. The summed E-state index contributed by atoms with van der Waals surface area (Å²) in [5.74, 6) is 0.790. The second kappa shape index (κ2) is 9.31. The molecule has 0 saturated carbocycles. The number of carbonyl (C=O) groups is 2. The third kappa shape index (κ3) is 5.29. The third-order valence-corrected chi connectivity index (χ3v) is 6.10. The van der Waals surface area contributed by atoms with Crippen molar-refractivity contribution in [2.24, 2.45) is 5.41 Å². The highest BCUT2D eigenvalue weighted by Gasteiger charge is 2.38. The van der Waals surface area contributed by atoms with Crippen LogP contribution < -0.4 is 15.4 Å². The van der Waals surface area contributed by atoms with E-state index >= 15 is 0 Å². The van der Waals surface area contributed by atoms with Gasteiger partial charge in [0.1, 0.15) is 5.75 Å². The molecule has 1 heterocycles. The van der Waals surface area contributed by atoms with E-state index in [9.17, 15) is 9.59 Å². The van der Waals surface area contributed by atoms with Crippen LogP contribution in [0.3, 0.4) is 0 Å². The van der Waals surface area contributed by atoms with E-state index in [2.05, 4.69) is 26.6 Å². The predicted octanol–water partition coefficient (Wildman–Crippen LogP) is 4.41. The molecule has 0 spiro atoms. The number of methoxy groups -OCH3 is 1. The molecule has 2 aromatic carbocycles. The van der Waals surface area contributed by atoms with Gasteiger partial charge < -0.3 is 20.3 Å². The number of hydrogen-bond acceptors (Lipinski definition) is 3. The molecule has 1 aliphatic rings. The molecule has 1 fully saturated rings. The van der Waals surface area contributed by atoms with Gasteiger partial charge in [-0.05, 0) is 58.6 Å². The van der Waals surface area contributed by atoms with E-state index in [0.717, 1.165) is 21.5 Å². The van der Waals surface area contributed by atoms with Crippen molar-refractivity contribution in [1.29, 1.82) is 0 Å². The molecule has 1 saturated heterocycles. The first-order valence-electron chi connectivity index (χ1n) is 9.63. The maximum Gasteiger partial charge on any atom is 0.321 e. The lowest BCUT2D eigenvalue weighted by atomic mass is 9.79. The Labute approximate surface area is 179 Å². The van der Waals surface area contributed by atoms with Crippen LogP contribution in [0.2, 0.25) is 0 Å². The van der Waals surface area contributed by atoms with E-state index < -0.39 is 5.41 Å². The van der Waals surface area contributed by atoms with Crippen LogP contribution in [0.25, 0.3) is 0 Å². The van der Waals surface area contributed by atoms with Crippen LogP contribution in [0.1, 0.15) is 25.3 Å². The van der Waals surface area contributed by atoms with Crippen LogP contribution in [0.15, 0.2) is 53.0 Å². The predicted molar refractivity (Wildman–Crippen MR) is 117 cm³/mol. The van der Waals surface area contributed by atoms with Crippen LogP contribution in [-0.4, -0.2) is 37.0 Å². The quantitative estimate of drug-likeness (QED) is 0.695. The van der Waals surface area contributed by atoms with Gasteiger partial charge in [0.05, 0.1) is 12.8 Å². The fourth-order valence-electron chi connectivity index (χ4n) is 3.37. The minimum atomic E-state index is -0.483. The Morgan fingerprint density at radius 2 is 1.86 bits per heavy atom. The van der Waals surface area contributed by atoms with Gasteiger partial charge in [0.25, 0.3) is 0 Å². The van der Waals surface area contributed by atoms with Crippen molar-refractivity contribution < 1.29 is 14.3 Å².